The van der Waals surface area contributed by atoms with Crippen molar-refractivity contribution >= 4 is 17.5 Å². The number of ether oxygens (including phenoxy) is 4. The molecule has 1 aromatic carbocycles. The van der Waals surface area contributed by atoms with E-state index in [9.17, 15) is 4.79 Å². The van der Waals surface area contributed by atoms with E-state index >= 15 is 0 Å². The van der Waals surface area contributed by atoms with Gasteiger partial charge in [0.25, 0.3) is 5.91 Å². The van der Waals surface area contributed by atoms with Crippen molar-refractivity contribution in [1.82, 2.24) is 5.32 Å². The maximum Gasteiger partial charge on any atom is 0.252 e. The largest absolute Gasteiger partial charge is 0.371 e. The average molecular weight is 424 g/mol. The lowest BCUT2D eigenvalue weighted by atomic mass is 9.78. The van der Waals surface area contributed by atoms with Gasteiger partial charge in [-0.05, 0) is 38.5 Å². The molecule has 6 nitrogen and oxygen atoms in total. The van der Waals surface area contributed by atoms with Gasteiger partial charge in [-0.15, -0.1) is 6.58 Å². The predicted molar refractivity (Wildman–Crippen MR) is 111 cm³/mol. The first-order valence-corrected chi connectivity index (χ1v) is 10.4. The molecule has 4 atom stereocenters. The Labute approximate surface area is 177 Å². The summed E-state index contributed by atoms with van der Waals surface area (Å²) in [6.07, 6.45) is 1.52. The molecule has 1 amide bonds. The van der Waals surface area contributed by atoms with E-state index in [-0.39, 0.29) is 30.8 Å². The quantitative estimate of drug-likeness (QED) is 0.647. The third kappa shape index (κ3) is 5.19. The van der Waals surface area contributed by atoms with Crippen LogP contribution in [0.4, 0.5) is 0 Å². The van der Waals surface area contributed by atoms with E-state index in [0.29, 0.717) is 31.0 Å². The number of carbonyl (C=O) groups is 1. The number of fused-ring (bicyclic) bond motifs is 1. The Morgan fingerprint density at radius 2 is 2.17 bits per heavy atom. The summed E-state index contributed by atoms with van der Waals surface area (Å²) in [4.78, 5) is 13.1. The first kappa shape index (κ1) is 22.2. The molecule has 1 saturated carbocycles. The lowest BCUT2D eigenvalue weighted by Gasteiger charge is -2.43. The number of carbonyl (C=O) groups excluding carboxylic acids is 1. The number of likely N-dealkylation sites (N-methyl/N-ethyl adjacent to an activating group) is 1. The minimum Gasteiger partial charge on any atom is -0.371 e. The molecule has 1 saturated heterocycles. The van der Waals surface area contributed by atoms with E-state index < -0.39 is 11.4 Å². The summed E-state index contributed by atoms with van der Waals surface area (Å²) in [7, 11) is 0. The number of nitrogens with one attached hydrogen (secondary N) is 1. The van der Waals surface area contributed by atoms with Gasteiger partial charge in [0, 0.05) is 24.4 Å². The van der Waals surface area contributed by atoms with Crippen LogP contribution in [0.3, 0.4) is 0 Å². The fourth-order valence-electron chi connectivity index (χ4n) is 4.07. The third-order valence-electron chi connectivity index (χ3n) is 5.23. The number of halogens is 1. The van der Waals surface area contributed by atoms with Crippen LogP contribution in [0, 0.1) is 0 Å². The number of hydrogen-bond donors (Lipinski definition) is 1. The summed E-state index contributed by atoms with van der Waals surface area (Å²) < 4.78 is 24.5. The van der Waals surface area contributed by atoms with E-state index in [1.165, 1.54) is 0 Å². The van der Waals surface area contributed by atoms with Crippen LogP contribution in [-0.4, -0.2) is 48.8 Å². The van der Waals surface area contributed by atoms with Crippen LogP contribution in [0.5, 0.6) is 0 Å². The zero-order valence-corrected chi connectivity index (χ0v) is 18.0. The highest BCUT2D eigenvalue weighted by molar-refractivity contribution is 6.30. The average Bonchev–Trinajstić information content (AvgIpc) is 2.98. The normalized spacial score (nSPS) is 30.6. The van der Waals surface area contributed by atoms with Crippen LogP contribution in [0.15, 0.2) is 36.9 Å². The van der Waals surface area contributed by atoms with Crippen molar-refractivity contribution in [3.63, 3.8) is 0 Å². The summed E-state index contributed by atoms with van der Waals surface area (Å²) in [6, 6.07) is 7.43. The molecule has 1 heterocycles. The third-order valence-corrected chi connectivity index (χ3v) is 5.47. The summed E-state index contributed by atoms with van der Waals surface area (Å²) in [6.45, 7) is 10.5. The van der Waals surface area contributed by atoms with Crippen molar-refractivity contribution in [2.75, 3.05) is 13.2 Å². The standard InChI is InChI=1S/C22H30ClNO5/c1-5-10-26-17-12-22(20(25)24-6-2,13-18-19(17)29-21(3,4)28-18)27-14-15-8-7-9-16(23)11-15/h5,7-9,11,17-19H,1,6,10,12-14H2,2-4H3,(H,24,25)/t17-,18+,19-,22+/m0/s1. The van der Waals surface area contributed by atoms with E-state index in [0.717, 1.165) is 5.56 Å². The van der Waals surface area contributed by atoms with E-state index in [1.54, 1.807) is 12.1 Å². The summed E-state index contributed by atoms with van der Waals surface area (Å²) in [5.41, 5.74) is -0.189. The minimum atomic E-state index is -1.09. The molecule has 160 valence electrons. The molecule has 3 rings (SSSR count). The Balaban J connectivity index is 1.87. The molecule has 0 aromatic heterocycles. The Morgan fingerprint density at radius 3 is 2.86 bits per heavy atom. The van der Waals surface area contributed by atoms with Gasteiger partial charge < -0.3 is 24.3 Å². The highest BCUT2D eigenvalue weighted by Gasteiger charge is 2.57. The predicted octanol–water partition coefficient (Wildman–Crippen LogP) is 3.62. The maximum atomic E-state index is 13.1. The molecule has 0 spiro atoms. The number of amides is 1. The molecular weight excluding hydrogens is 394 g/mol. The molecule has 1 N–H and O–H groups in total. The molecule has 0 unspecified atom stereocenters. The van der Waals surface area contributed by atoms with Gasteiger partial charge in [-0.2, -0.15) is 0 Å². The van der Waals surface area contributed by atoms with Crippen LogP contribution in [0.1, 0.15) is 39.2 Å². The Bertz CT molecular complexity index is 740. The van der Waals surface area contributed by atoms with Gasteiger partial charge in [0.1, 0.15) is 6.10 Å². The fourth-order valence-corrected chi connectivity index (χ4v) is 4.28. The number of benzene rings is 1. The van der Waals surface area contributed by atoms with Gasteiger partial charge in [0.05, 0.1) is 25.4 Å². The fraction of sp³-hybridized carbons (Fsp3) is 0.591. The summed E-state index contributed by atoms with van der Waals surface area (Å²) in [5.74, 6) is -0.906. The molecular formula is C22H30ClNO5. The van der Waals surface area contributed by atoms with Crippen molar-refractivity contribution in [1.29, 1.82) is 0 Å². The van der Waals surface area contributed by atoms with Crippen molar-refractivity contribution in [2.45, 2.75) is 69.9 Å². The highest BCUT2D eigenvalue weighted by Crippen LogP contribution is 2.44. The van der Waals surface area contributed by atoms with Gasteiger partial charge in [-0.3, -0.25) is 4.79 Å². The van der Waals surface area contributed by atoms with Gasteiger partial charge in [0.2, 0.25) is 0 Å². The van der Waals surface area contributed by atoms with Crippen LogP contribution >= 0.6 is 11.6 Å². The summed E-state index contributed by atoms with van der Waals surface area (Å²) >= 11 is 6.10. The van der Waals surface area contributed by atoms with E-state index in [4.69, 9.17) is 30.5 Å². The molecule has 7 heteroatoms. The number of hydrogen-bond acceptors (Lipinski definition) is 5. The van der Waals surface area contributed by atoms with Crippen molar-refractivity contribution < 1.29 is 23.7 Å². The molecule has 29 heavy (non-hydrogen) atoms. The first-order valence-electron chi connectivity index (χ1n) is 10.0. The second-order valence-corrected chi connectivity index (χ2v) is 8.42. The second kappa shape index (κ2) is 9.14. The van der Waals surface area contributed by atoms with E-state index in [2.05, 4.69) is 11.9 Å². The topological polar surface area (TPSA) is 66.0 Å². The molecule has 1 aliphatic heterocycles. The SMILES string of the molecule is C=CCO[C@H]1C[C@](OCc2cccc(Cl)c2)(C(=O)NCC)C[C@H]2OC(C)(C)O[C@@H]12. The smallest absolute Gasteiger partial charge is 0.252 e. The van der Waals surface area contributed by atoms with E-state index in [1.807, 2.05) is 39.0 Å². The van der Waals surface area contributed by atoms with Crippen molar-refractivity contribution in [3.8, 4) is 0 Å². The van der Waals surface area contributed by atoms with Crippen LogP contribution < -0.4 is 5.32 Å². The monoisotopic (exact) mass is 423 g/mol. The Hall–Kier alpha value is -1.44. The molecule has 2 fully saturated rings. The molecule has 1 aromatic rings. The minimum absolute atomic E-state index is 0.166. The van der Waals surface area contributed by atoms with Crippen molar-refractivity contribution in [2.24, 2.45) is 0 Å². The maximum absolute atomic E-state index is 13.1. The lowest BCUT2D eigenvalue weighted by molar-refractivity contribution is -0.180. The zero-order chi connectivity index (χ0) is 21.1. The molecule has 0 bridgehead atoms. The molecule has 1 aliphatic carbocycles. The Kier molecular flexibility index (Phi) is 7.02. The van der Waals surface area contributed by atoms with Gasteiger partial charge in [-0.25, -0.2) is 0 Å². The van der Waals surface area contributed by atoms with Crippen LogP contribution in [-0.2, 0) is 30.3 Å². The lowest BCUT2D eigenvalue weighted by Crippen LogP contribution is -2.60. The first-order chi connectivity index (χ1) is 13.8. The molecule has 0 radical (unpaired) electrons. The molecule has 2 aliphatic rings. The van der Waals surface area contributed by atoms with Gasteiger partial charge in [0.15, 0.2) is 11.4 Å². The zero-order valence-electron chi connectivity index (χ0n) is 17.3. The van der Waals surface area contributed by atoms with Gasteiger partial charge in [-0.1, -0.05) is 29.8 Å². The highest BCUT2D eigenvalue weighted by atomic mass is 35.5. The van der Waals surface area contributed by atoms with Crippen LogP contribution in [0.2, 0.25) is 5.02 Å². The van der Waals surface area contributed by atoms with Crippen molar-refractivity contribution in [3.05, 3.63) is 47.5 Å². The van der Waals surface area contributed by atoms with Crippen LogP contribution in [0.25, 0.3) is 0 Å². The Morgan fingerprint density at radius 1 is 1.38 bits per heavy atom. The number of rotatable bonds is 8. The second-order valence-electron chi connectivity index (χ2n) is 7.98. The summed E-state index contributed by atoms with van der Waals surface area (Å²) in [5, 5.41) is 3.55. The van der Waals surface area contributed by atoms with Gasteiger partial charge >= 0.3 is 0 Å².